The first-order valence-corrected chi connectivity index (χ1v) is 8.52. The third-order valence-electron chi connectivity index (χ3n) is 3.81. The lowest BCUT2D eigenvalue weighted by molar-refractivity contribution is 0.0977. The summed E-state index contributed by atoms with van der Waals surface area (Å²) in [6.07, 6.45) is 0. The highest BCUT2D eigenvalue weighted by Gasteiger charge is 2.18. The average molecular weight is 406 g/mol. The predicted molar refractivity (Wildman–Crippen MR) is 109 cm³/mol. The van der Waals surface area contributed by atoms with Gasteiger partial charge in [0.25, 0.3) is 5.91 Å². The molecule has 2 N–H and O–H groups in total. The highest BCUT2D eigenvalue weighted by Crippen LogP contribution is 2.38. The molecule has 0 saturated heterocycles. The summed E-state index contributed by atoms with van der Waals surface area (Å²) in [5.41, 5.74) is 0.841. The van der Waals surface area contributed by atoms with E-state index in [-0.39, 0.29) is 10.7 Å². The Bertz CT molecular complexity index is 846. The normalized spacial score (nSPS) is 9.89. The van der Waals surface area contributed by atoms with Crippen LogP contribution in [0, 0.1) is 0 Å². The van der Waals surface area contributed by atoms with E-state index in [4.69, 9.17) is 35.9 Å². The molecule has 0 unspecified atom stereocenters. The number of benzene rings is 2. The molecule has 0 bridgehead atoms. The summed E-state index contributed by atoms with van der Waals surface area (Å²) in [6.45, 7) is 0. The van der Waals surface area contributed by atoms with E-state index in [1.807, 2.05) is 0 Å². The first-order valence-electron chi connectivity index (χ1n) is 8.11. The van der Waals surface area contributed by atoms with Crippen LogP contribution in [-0.2, 0) is 0 Å². The number of anilines is 1. The summed E-state index contributed by atoms with van der Waals surface area (Å²) >= 11 is 5.24. The van der Waals surface area contributed by atoms with Crippen LogP contribution in [0.3, 0.4) is 0 Å². The maximum absolute atomic E-state index is 12.6. The van der Waals surface area contributed by atoms with E-state index in [1.165, 1.54) is 40.6 Å². The van der Waals surface area contributed by atoms with Crippen molar-refractivity contribution in [2.75, 3.05) is 40.9 Å². The number of carbonyl (C=O) groups is 1. The number of carbonyl (C=O) groups excluding carboxylic acids is 1. The van der Waals surface area contributed by atoms with Crippen molar-refractivity contribution < 1.29 is 28.5 Å². The molecular formula is C19H22N2O6S. The molecule has 2 rings (SSSR count). The Balaban J connectivity index is 2.20. The zero-order chi connectivity index (χ0) is 20.7. The van der Waals surface area contributed by atoms with Crippen molar-refractivity contribution in [1.29, 1.82) is 0 Å². The molecule has 0 heterocycles. The third kappa shape index (κ3) is 4.74. The van der Waals surface area contributed by atoms with Crippen molar-refractivity contribution in [1.82, 2.24) is 5.32 Å². The Morgan fingerprint density at radius 3 is 1.93 bits per heavy atom. The second-order valence-electron chi connectivity index (χ2n) is 5.39. The van der Waals surface area contributed by atoms with Gasteiger partial charge >= 0.3 is 0 Å². The summed E-state index contributed by atoms with van der Waals surface area (Å²) < 4.78 is 26.3. The summed E-state index contributed by atoms with van der Waals surface area (Å²) in [5.74, 6) is 1.83. The van der Waals surface area contributed by atoms with E-state index in [1.54, 1.807) is 25.3 Å². The molecule has 150 valence electrons. The number of hydrogen-bond acceptors (Lipinski definition) is 7. The van der Waals surface area contributed by atoms with Crippen molar-refractivity contribution in [2.45, 2.75) is 0 Å². The standard InChI is InChI=1S/C19H22N2O6S/c1-23-12-6-7-14(24-2)13(10-12)20-19(28)21-18(22)11-8-15(25-3)17(27-5)16(9-11)26-4/h6-10H,1-5H3,(H2,20,21,22,28). The fraction of sp³-hybridized carbons (Fsp3) is 0.263. The largest absolute Gasteiger partial charge is 0.497 e. The van der Waals surface area contributed by atoms with Gasteiger partial charge in [-0.05, 0) is 36.5 Å². The van der Waals surface area contributed by atoms with Gasteiger partial charge in [0.05, 0.1) is 41.2 Å². The van der Waals surface area contributed by atoms with Gasteiger partial charge in [-0.1, -0.05) is 0 Å². The minimum atomic E-state index is -0.446. The molecule has 0 aromatic heterocycles. The lowest BCUT2D eigenvalue weighted by atomic mass is 10.1. The van der Waals surface area contributed by atoms with Gasteiger partial charge < -0.3 is 29.0 Å². The van der Waals surface area contributed by atoms with E-state index in [0.29, 0.717) is 34.4 Å². The van der Waals surface area contributed by atoms with Crippen LogP contribution in [0.5, 0.6) is 28.7 Å². The number of amides is 1. The fourth-order valence-electron chi connectivity index (χ4n) is 2.45. The summed E-state index contributed by atoms with van der Waals surface area (Å²) in [5, 5.41) is 5.62. The number of rotatable bonds is 7. The van der Waals surface area contributed by atoms with Crippen LogP contribution in [0.1, 0.15) is 10.4 Å². The molecule has 2 aromatic carbocycles. The zero-order valence-corrected chi connectivity index (χ0v) is 17.1. The Hall–Kier alpha value is -3.20. The van der Waals surface area contributed by atoms with Crippen LogP contribution in [0.2, 0.25) is 0 Å². The Labute approximate surface area is 168 Å². The predicted octanol–water partition coefficient (Wildman–Crippen LogP) is 2.86. The van der Waals surface area contributed by atoms with E-state index in [2.05, 4.69) is 10.6 Å². The number of thiocarbonyl (C=S) groups is 1. The van der Waals surface area contributed by atoms with Crippen LogP contribution in [0.25, 0.3) is 0 Å². The smallest absolute Gasteiger partial charge is 0.257 e. The van der Waals surface area contributed by atoms with Crippen LogP contribution >= 0.6 is 12.2 Å². The number of methoxy groups -OCH3 is 5. The summed E-state index contributed by atoms with van der Waals surface area (Å²) in [4.78, 5) is 12.6. The zero-order valence-electron chi connectivity index (χ0n) is 16.2. The van der Waals surface area contributed by atoms with Crippen LogP contribution in [0.4, 0.5) is 5.69 Å². The Morgan fingerprint density at radius 2 is 1.43 bits per heavy atom. The van der Waals surface area contributed by atoms with Crippen molar-refractivity contribution >= 4 is 28.9 Å². The lowest BCUT2D eigenvalue weighted by Gasteiger charge is -2.15. The molecule has 0 aliphatic rings. The lowest BCUT2D eigenvalue weighted by Crippen LogP contribution is -2.34. The monoisotopic (exact) mass is 406 g/mol. The van der Waals surface area contributed by atoms with E-state index >= 15 is 0 Å². The van der Waals surface area contributed by atoms with Crippen LogP contribution in [0.15, 0.2) is 30.3 Å². The third-order valence-corrected chi connectivity index (χ3v) is 4.01. The molecule has 0 aliphatic heterocycles. The van der Waals surface area contributed by atoms with Gasteiger partial charge in [-0.3, -0.25) is 10.1 Å². The maximum Gasteiger partial charge on any atom is 0.257 e. The van der Waals surface area contributed by atoms with Gasteiger partial charge in [0, 0.05) is 11.6 Å². The van der Waals surface area contributed by atoms with Crippen LogP contribution in [-0.4, -0.2) is 46.6 Å². The first-order chi connectivity index (χ1) is 13.5. The number of ether oxygens (including phenoxy) is 5. The van der Waals surface area contributed by atoms with Crippen molar-refractivity contribution in [3.63, 3.8) is 0 Å². The molecular weight excluding hydrogens is 384 g/mol. The van der Waals surface area contributed by atoms with E-state index < -0.39 is 5.91 Å². The quantitative estimate of drug-likeness (QED) is 0.679. The molecule has 0 radical (unpaired) electrons. The van der Waals surface area contributed by atoms with Gasteiger partial charge in [0.15, 0.2) is 16.6 Å². The number of hydrogen-bond donors (Lipinski definition) is 2. The van der Waals surface area contributed by atoms with Gasteiger partial charge in [-0.15, -0.1) is 0 Å². The second kappa shape index (κ2) is 9.65. The van der Waals surface area contributed by atoms with Gasteiger partial charge in [0.1, 0.15) is 11.5 Å². The molecule has 0 atom stereocenters. The second-order valence-corrected chi connectivity index (χ2v) is 5.80. The molecule has 0 spiro atoms. The summed E-state index contributed by atoms with van der Waals surface area (Å²) in [7, 11) is 7.52. The number of nitrogens with one attached hydrogen (secondary N) is 2. The molecule has 0 saturated carbocycles. The molecule has 0 fully saturated rings. The minimum absolute atomic E-state index is 0.0882. The highest BCUT2D eigenvalue weighted by molar-refractivity contribution is 7.80. The molecule has 1 amide bonds. The Morgan fingerprint density at radius 1 is 0.821 bits per heavy atom. The van der Waals surface area contributed by atoms with Crippen molar-refractivity contribution in [3.8, 4) is 28.7 Å². The van der Waals surface area contributed by atoms with Gasteiger partial charge in [-0.2, -0.15) is 0 Å². The maximum atomic E-state index is 12.6. The minimum Gasteiger partial charge on any atom is -0.497 e. The molecule has 2 aromatic rings. The Kier molecular flexibility index (Phi) is 7.28. The first kappa shape index (κ1) is 21.1. The highest BCUT2D eigenvalue weighted by atomic mass is 32.1. The SMILES string of the molecule is COc1ccc(OC)c(NC(=S)NC(=O)c2cc(OC)c(OC)c(OC)c2)c1. The fourth-order valence-corrected chi connectivity index (χ4v) is 2.66. The van der Waals surface area contributed by atoms with Gasteiger partial charge in [0.2, 0.25) is 5.75 Å². The van der Waals surface area contributed by atoms with E-state index in [0.717, 1.165) is 0 Å². The summed E-state index contributed by atoms with van der Waals surface area (Å²) in [6, 6.07) is 8.25. The van der Waals surface area contributed by atoms with Crippen molar-refractivity contribution in [3.05, 3.63) is 35.9 Å². The van der Waals surface area contributed by atoms with Crippen LogP contribution < -0.4 is 34.3 Å². The van der Waals surface area contributed by atoms with E-state index in [9.17, 15) is 4.79 Å². The molecule has 0 aliphatic carbocycles. The molecule has 8 nitrogen and oxygen atoms in total. The molecule has 9 heteroatoms. The average Bonchev–Trinajstić information content (AvgIpc) is 2.72. The van der Waals surface area contributed by atoms with Gasteiger partial charge in [-0.25, -0.2) is 0 Å². The van der Waals surface area contributed by atoms with Crippen molar-refractivity contribution in [2.24, 2.45) is 0 Å². The topological polar surface area (TPSA) is 87.3 Å². The molecule has 28 heavy (non-hydrogen) atoms.